The molecule has 0 radical (unpaired) electrons. The number of aliphatic carboxylic acids is 1. The lowest BCUT2D eigenvalue weighted by molar-refractivity contribution is -0.145. The number of rotatable bonds is 14. The molecule has 0 bridgehead atoms. The molecule has 0 unspecified atom stereocenters. The topological polar surface area (TPSA) is 353 Å². The molecule has 1 fully saturated rings. The number of carboxylic acid groups (broad SMARTS) is 1. The number of carboxylic acids is 1. The highest BCUT2D eigenvalue weighted by atomic mass is 33.1. The number of aromatic hydroxyl groups is 1. The quantitative estimate of drug-likeness (QED) is 0.0737. The molecule has 3 aromatic rings. The van der Waals surface area contributed by atoms with E-state index in [1.807, 2.05) is 18.2 Å². The summed E-state index contributed by atoms with van der Waals surface area (Å²) >= 11 is 0. The van der Waals surface area contributed by atoms with Gasteiger partial charge in [-0.1, -0.05) is 51.9 Å². The first-order chi connectivity index (χ1) is 32.5. The summed E-state index contributed by atoms with van der Waals surface area (Å²) in [6.45, 7) is 7.55. The highest BCUT2D eigenvalue weighted by molar-refractivity contribution is 8.76. The Kier molecular flexibility index (Phi) is 21.0. The molecule has 1 aromatic heterocycles. The molecule has 69 heavy (non-hydrogen) atoms. The third-order valence-corrected chi connectivity index (χ3v) is 13.1. The first-order valence-corrected chi connectivity index (χ1v) is 24.7. The number of phenols is 1. The number of ether oxygens (including phenoxy) is 1. The number of nitrogens with two attached hydrogens (primary N) is 1. The number of aliphatic hydroxyl groups excluding tert-OH is 2. The second-order valence-corrected chi connectivity index (χ2v) is 20.1. The van der Waals surface area contributed by atoms with Crippen LogP contribution in [0, 0.1) is 0 Å². The molecular formula is C45H63N9O13S2. The van der Waals surface area contributed by atoms with E-state index in [0.717, 1.165) is 39.4 Å². The molecule has 9 atom stereocenters. The van der Waals surface area contributed by atoms with Gasteiger partial charge in [-0.25, -0.2) is 9.59 Å². The molecule has 7 amide bonds. The van der Waals surface area contributed by atoms with Gasteiger partial charge in [-0.3, -0.25) is 28.8 Å². The van der Waals surface area contributed by atoms with Crippen molar-refractivity contribution in [1.82, 2.24) is 42.2 Å². The van der Waals surface area contributed by atoms with Crippen molar-refractivity contribution in [2.75, 3.05) is 18.1 Å². The van der Waals surface area contributed by atoms with Crippen molar-refractivity contribution in [2.24, 2.45) is 5.73 Å². The van der Waals surface area contributed by atoms with E-state index < -0.39 is 108 Å². The third-order valence-electron chi connectivity index (χ3n) is 10.6. The Labute approximate surface area is 406 Å². The smallest absolute Gasteiger partial charge is 0.407 e. The van der Waals surface area contributed by atoms with Gasteiger partial charge in [0, 0.05) is 48.0 Å². The lowest BCUT2D eigenvalue weighted by Gasteiger charge is -2.29. The molecule has 0 saturated carbocycles. The van der Waals surface area contributed by atoms with Crippen molar-refractivity contribution >= 4 is 80.0 Å². The lowest BCUT2D eigenvalue weighted by atomic mass is 10.0. The first-order valence-electron chi connectivity index (χ1n) is 22.2. The standard InChI is InChI=1S/C45H63N9O13S2/c1-23(55)35-42(63)52-34(41(62)54-36(24(2)56)43(64)65)22-69-68-21-29(46)37(58)50-32(18-25-13-15-27(57)16-14-25)39(60)51-33(19-26-20-48-30-11-7-6-10-28(26)30)40(61)49-31(38(59)53-35)12-8-9-17-47-44(66)67-45(3,4)5/h6-7,10-11,13-16,20,23-24,29,31-36,48,55-57H,8-9,12,17-19,21-22,46H2,1-5H3,(H,47,66)(H,49,61)(H,50,58)(H,51,60)(H,52,63)(H,53,59)(H,54,62)(H,64,65)/t23-,24-,29+,31+,32+,33-,34+,35+,36+/m1/s1. The predicted octanol–water partition coefficient (Wildman–Crippen LogP) is -0.169. The molecule has 378 valence electrons. The van der Waals surface area contributed by atoms with Crippen molar-refractivity contribution in [3.8, 4) is 5.75 Å². The van der Waals surface area contributed by atoms with E-state index in [1.165, 1.54) is 19.1 Å². The maximum atomic E-state index is 14.6. The van der Waals surface area contributed by atoms with Crippen molar-refractivity contribution in [3.05, 3.63) is 65.9 Å². The number of alkyl carbamates (subject to hydrolysis) is 1. The van der Waals surface area contributed by atoms with Gasteiger partial charge in [-0.2, -0.15) is 0 Å². The maximum absolute atomic E-state index is 14.6. The van der Waals surface area contributed by atoms with Gasteiger partial charge in [0.2, 0.25) is 35.4 Å². The number of para-hydroxylation sites is 1. The summed E-state index contributed by atoms with van der Waals surface area (Å²) in [5.74, 6) is -7.48. The lowest BCUT2D eigenvalue weighted by Crippen LogP contribution is -2.62. The fraction of sp³-hybridized carbons (Fsp3) is 0.511. The normalized spacial score (nSPS) is 22.9. The monoisotopic (exact) mass is 1000 g/mol. The number of aliphatic hydroxyl groups is 2. The maximum Gasteiger partial charge on any atom is 0.407 e. The Balaban J connectivity index is 1.75. The number of nitrogens with one attached hydrogen (secondary N) is 8. The van der Waals surface area contributed by atoms with Gasteiger partial charge in [-0.15, -0.1) is 0 Å². The van der Waals surface area contributed by atoms with Gasteiger partial charge in [0.15, 0.2) is 6.04 Å². The molecule has 0 spiro atoms. The molecule has 2 aromatic carbocycles. The van der Waals surface area contributed by atoms with Crippen LogP contribution in [-0.2, 0) is 51.1 Å². The van der Waals surface area contributed by atoms with Crippen LogP contribution < -0.4 is 43.0 Å². The highest BCUT2D eigenvalue weighted by Gasteiger charge is 2.36. The van der Waals surface area contributed by atoms with Gasteiger partial charge < -0.3 is 73.1 Å². The molecule has 1 aliphatic heterocycles. The van der Waals surface area contributed by atoms with E-state index in [1.54, 1.807) is 45.2 Å². The largest absolute Gasteiger partial charge is 0.508 e. The second kappa shape index (κ2) is 26.1. The summed E-state index contributed by atoms with van der Waals surface area (Å²) in [5.41, 5.74) is 7.40. The minimum absolute atomic E-state index is 0.0444. The molecule has 22 nitrogen and oxygen atoms in total. The average Bonchev–Trinajstić information content (AvgIpc) is 3.68. The van der Waals surface area contributed by atoms with E-state index in [4.69, 9.17) is 10.5 Å². The number of hydrogen-bond acceptors (Lipinski definition) is 15. The van der Waals surface area contributed by atoms with E-state index in [9.17, 15) is 58.8 Å². The fourth-order valence-electron chi connectivity index (χ4n) is 6.94. The minimum Gasteiger partial charge on any atom is -0.508 e. The second-order valence-electron chi connectivity index (χ2n) is 17.6. The van der Waals surface area contributed by atoms with Gasteiger partial charge in [0.1, 0.15) is 41.6 Å². The Morgan fingerprint density at radius 2 is 1.41 bits per heavy atom. The molecule has 24 heteroatoms. The van der Waals surface area contributed by atoms with Crippen LogP contribution in [0.4, 0.5) is 4.79 Å². The van der Waals surface area contributed by atoms with E-state index in [2.05, 4.69) is 42.2 Å². The van der Waals surface area contributed by atoms with E-state index in [0.29, 0.717) is 11.1 Å². The number of benzene rings is 2. The Bertz CT molecular complexity index is 2270. The van der Waals surface area contributed by atoms with Gasteiger partial charge in [-0.05, 0) is 83.2 Å². The molecule has 0 aliphatic carbocycles. The molecule has 1 saturated heterocycles. The van der Waals surface area contributed by atoms with Crippen LogP contribution in [0.25, 0.3) is 10.9 Å². The average molecular weight is 1000 g/mol. The SMILES string of the molecule is C[C@@H](O)[C@H](NC(=O)[C@@H]1CSSC[C@H](N)C(=O)N[C@@H](Cc2ccc(O)cc2)C(=O)N[C@H](Cc2c[nH]c3ccccc23)C(=O)N[C@@H](CCCCNC(=O)OC(C)(C)C)C(=O)N[C@@H]([C@@H](C)O)C(=O)N1)C(=O)O. The zero-order valence-electron chi connectivity index (χ0n) is 38.9. The van der Waals surface area contributed by atoms with Gasteiger partial charge >= 0.3 is 12.1 Å². The summed E-state index contributed by atoms with van der Waals surface area (Å²) < 4.78 is 5.29. The van der Waals surface area contributed by atoms with Crippen LogP contribution in [0.15, 0.2) is 54.7 Å². The van der Waals surface area contributed by atoms with Crippen molar-refractivity contribution in [3.63, 3.8) is 0 Å². The van der Waals surface area contributed by atoms with Crippen LogP contribution in [0.5, 0.6) is 5.75 Å². The van der Waals surface area contributed by atoms with E-state index in [-0.39, 0.29) is 55.9 Å². The van der Waals surface area contributed by atoms with Crippen molar-refractivity contribution < 1.29 is 63.5 Å². The first kappa shape index (κ1) is 55.5. The number of phenolic OH excluding ortho intramolecular Hbond substituents is 1. The number of amides is 7. The Morgan fingerprint density at radius 3 is 2.04 bits per heavy atom. The minimum atomic E-state index is -1.78. The van der Waals surface area contributed by atoms with Gasteiger partial charge in [0.25, 0.3) is 0 Å². The molecular weight excluding hydrogens is 939 g/mol. The summed E-state index contributed by atoms with van der Waals surface area (Å²) in [6.07, 6.45) is -2.02. The number of unbranched alkanes of at least 4 members (excludes halogenated alkanes) is 1. The van der Waals surface area contributed by atoms with Crippen LogP contribution in [0.3, 0.4) is 0 Å². The molecule has 2 heterocycles. The summed E-state index contributed by atoms with van der Waals surface area (Å²) in [6, 6.07) is 2.61. The number of carbonyl (C=O) groups excluding carboxylic acids is 7. The fourth-order valence-corrected chi connectivity index (χ4v) is 9.22. The Morgan fingerprint density at radius 1 is 0.797 bits per heavy atom. The third kappa shape index (κ3) is 17.7. The number of hydrogen-bond donors (Lipinski definition) is 13. The number of aromatic nitrogens is 1. The summed E-state index contributed by atoms with van der Waals surface area (Å²) in [7, 11) is 1.96. The zero-order chi connectivity index (χ0) is 51.0. The number of H-pyrrole nitrogens is 1. The number of fused-ring (bicyclic) bond motifs is 1. The van der Waals surface area contributed by atoms with Crippen LogP contribution >= 0.6 is 21.6 Å². The number of aromatic amines is 1. The van der Waals surface area contributed by atoms with Crippen LogP contribution in [-0.4, -0.2) is 151 Å². The molecule has 14 N–H and O–H groups in total. The summed E-state index contributed by atoms with van der Waals surface area (Å²) in [5, 5.41) is 59.0. The van der Waals surface area contributed by atoms with Crippen molar-refractivity contribution in [2.45, 2.75) is 127 Å². The van der Waals surface area contributed by atoms with E-state index >= 15 is 0 Å². The zero-order valence-corrected chi connectivity index (χ0v) is 40.5. The summed E-state index contributed by atoms with van der Waals surface area (Å²) in [4.78, 5) is 112. The predicted molar refractivity (Wildman–Crippen MR) is 257 cm³/mol. The molecule has 1 aliphatic rings. The van der Waals surface area contributed by atoms with Crippen LogP contribution in [0.2, 0.25) is 0 Å². The van der Waals surface area contributed by atoms with Crippen LogP contribution in [0.1, 0.15) is 65.0 Å². The van der Waals surface area contributed by atoms with Crippen molar-refractivity contribution in [1.29, 1.82) is 0 Å². The highest BCUT2D eigenvalue weighted by Crippen LogP contribution is 2.24. The number of carbonyl (C=O) groups is 8. The van der Waals surface area contributed by atoms with Gasteiger partial charge in [0.05, 0.1) is 18.2 Å². The molecule has 4 rings (SSSR count). The Hall–Kier alpha value is -6.08.